The van der Waals surface area contributed by atoms with Gasteiger partial charge in [0.1, 0.15) is 5.75 Å². The number of nitrogen functional groups attached to an aromatic ring is 1. The van der Waals surface area contributed by atoms with E-state index in [0.29, 0.717) is 30.2 Å². The molecule has 0 saturated heterocycles. The lowest BCUT2D eigenvalue weighted by atomic mass is 10.1. The number of carbonyl (C=O) groups excluding carboxylic acids is 1. The Bertz CT molecular complexity index is 446. The molecule has 0 bridgehead atoms. The van der Waals surface area contributed by atoms with Gasteiger partial charge in [-0.15, -0.1) is 0 Å². The van der Waals surface area contributed by atoms with Crippen molar-refractivity contribution in [2.75, 3.05) is 32.0 Å². The largest absolute Gasteiger partial charge is 0.491 e. The number of nitrogens with two attached hydrogens (primary N) is 1. The van der Waals surface area contributed by atoms with Gasteiger partial charge in [0.15, 0.2) is 5.78 Å². The number of unbranched alkanes of at least 4 members (excludes halogenated alkanes) is 1. The number of nitrogens with zero attached hydrogens (tertiary/aromatic N) is 1. The summed E-state index contributed by atoms with van der Waals surface area (Å²) in [5, 5.41) is 0. The summed E-state index contributed by atoms with van der Waals surface area (Å²) in [5.74, 6) is 0.772. The van der Waals surface area contributed by atoms with Crippen molar-refractivity contribution in [1.82, 2.24) is 4.90 Å². The predicted molar refractivity (Wildman–Crippen MR) is 88.0 cm³/mol. The Morgan fingerprint density at radius 3 is 2.57 bits per heavy atom. The molecule has 0 aromatic heterocycles. The summed E-state index contributed by atoms with van der Waals surface area (Å²) in [6, 6.07) is 5.32. The van der Waals surface area contributed by atoms with Crippen LogP contribution < -0.4 is 10.5 Å². The number of hydrogen-bond donors (Lipinski definition) is 1. The molecule has 0 aliphatic carbocycles. The number of ketones is 1. The maximum atomic E-state index is 12.3. The van der Waals surface area contributed by atoms with Gasteiger partial charge in [-0.25, -0.2) is 0 Å². The number of benzene rings is 1. The van der Waals surface area contributed by atoms with Gasteiger partial charge in [0.25, 0.3) is 0 Å². The summed E-state index contributed by atoms with van der Waals surface area (Å²) in [6.45, 7) is 9.22. The van der Waals surface area contributed by atoms with Crippen LogP contribution >= 0.6 is 0 Å². The molecule has 1 aromatic rings. The van der Waals surface area contributed by atoms with Crippen LogP contribution in [-0.4, -0.2) is 36.9 Å². The average molecular weight is 292 g/mol. The Morgan fingerprint density at radius 1 is 1.24 bits per heavy atom. The fourth-order valence-corrected chi connectivity index (χ4v) is 2.09. The first-order chi connectivity index (χ1) is 10.1. The van der Waals surface area contributed by atoms with Crippen LogP contribution in [0.25, 0.3) is 0 Å². The monoisotopic (exact) mass is 292 g/mol. The van der Waals surface area contributed by atoms with Crippen LogP contribution in [0.15, 0.2) is 18.2 Å². The van der Waals surface area contributed by atoms with Gasteiger partial charge in [-0.1, -0.05) is 27.2 Å². The highest BCUT2D eigenvalue weighted by atomic mass is 16.5. The fourth-order valence-electron chi connectivity index (χ4n) is 2.09. The van der Waals surface area contributed by atoms with E-state index in [1.807, 2.05) is 6.92 Å². The highest BCUT2D eigenvalue weighted by molar-refractivity contribution is 5.98. The standard InChI is InChI=1S/C17H28N2O2/c1-4-7-10-19(6-3)13-16(20)14-8-9-17(15(18)12-14)21-11-5-2/h8-9,12H,4-7,10-11,13,18H2,1-3H3. The van der Waals surface area contributed by atoms with Crippen molar-refractivity contribution in [3.05, 3.63) is 23.8 Å². The number of carbonyl (C=O) groups is 1. The molecule has 4 nitrogen and oxygen atoms in total. The van der Waals surface area contributed by atoms with Gasteiger partial charge in [-0.2, -0.15) is 0 Å². The predicted octanol–water partition coefficient (Wildman–Crippen LogP) is 3.36. The highest BCUT2D eigenvalue weighted by Crippen LogP contribution is 2.23. The molecule has 2 N–H and O–H groups in total. The molecular weight excluding hydrogens is 264 g/mol. The first kappa shape index (κ1) is 17.5. The van der Waals surface area contributed by atoms with Gasteiger partial charge in [0, 0.05) is 5.56 Å². The molecule has 0 spiro atoms. The van der Waals surface area contributed by atoms with Gasteiger partial charge in [0.05, 0.1) is 18.8 Å². The van der Waals surface area contributed by atoms with Gasteiger partial charge in [-0.05, 0) is 44.1 Å². The SMILES string of the molecule is CCCCN(CC)CC(=O)c1ccc(OCCC)c(N)c1. The Kier molecular flexibility index (Phi) is 7.83. The van der Waals surface area contributed by atoms with Crippen molar-refractivity contribution in [3.8, 4) is 5.75 Å². The fraction of sp³-hybridized carbons (Fsp3) is 0.588. The molecule has 0 unspecified atom stereocenters. The van der Waals surface area contributed by atoms with Gasteiger partial charge in [0.2, 0.25) is 0 Å². The van der Waals surface area contributed by atoms with Gasteiger partial charge in [-0.3, -0.25) is 9.69 Å². The van der Waals surface area contributed by atoms with E-state index in [1.54, 1.807) is 18.2 Å². The number of likely N-dealkylation sites (N-methyl/N-ethyl adjacent to an activating group) is 1. The topological polar surface area (TPSA) is 55.6 Å². The summed E-state index contributed by atoms with van der Waals surface area (Å²) < 4.78 is 5.53. The maximum Gasteiger partial charge on any atom is 0.176 e. The number of hydrogen-bond acceptors (Lipinski definition) is 4. The van der Waals surface area contributed by atoms with Crippen LogP contribution in [0.1, 0.15) is 50.4 Å². The number of ether oxygens (including phenoxy) is 1. The van der Waals surface area contributed by atoms with Crippen molar-refractivity contribution >= 4 is 11.5 Å². The second kappa shape index (κ2) is 9.40. The van der Waals surface area contributed by atoms with Crippen LogP contribution in [0.4, 0.5) is 5.69 Å². The van der Waals surface area contributed by atoms with E-state index in [-0.39, 0.29) is 5.78 Å². The third kappa shape index (κ3) is 5.76. The van der Waals surface area contributed by atoms with Crippen molar-refractivity contribution < 1.29 is 9.53 Å². The number of rotatable bonds is 10. The van der Waals surface area contributed by atoms with E-state index in [2.05, 4.69) is 18.7 Å². The molecule has 0 atom stereocenters. The molecule has 0 fully saturated rings. The van der Waals surface area contributed by atoms with E-state index in [1.165, 1.54) is 0 Å². The zero-order valence-corrected chi connectivity index (χ0v) is 13.5. The Morgan fingerprint density at radius 2 is 2.00 bits per heavy atom. The molecule has 0 aliphatic rings. The first-order valence-electron chi connectivity index (χ1n) is 7.90. The molecule has 0 radical (unpaired) electrons. The lowest BCUT2D eigenvalue weighted by Gasteiger charge is -2.19. The Balaban J connectivity index is 2.67. The molecule has 118 valence electrons. The number of Topliss-reactive ketones (excluding diaryl/α,β-unsaturated/α-hetero) is 1. The summed E-state index contributed by atoms with van der Waals surface area (Å²) in [7, 11) is 0. The summed E-state index contributed by atoms with van der Waals surface area (Å²) in [5.41, 5.74) is 7.14. The summed E-state index contributed by atoms with van der Waals surface area (Å²) in [6.07, 6.45) is 3.19. The van der Waals surface area contributed by atoms with Crippen molar-refractivity contribution in [3.63, 3.8) is 0 Å². The van der Waals surface area contributed by atoms with Crippen molar-refractivity contribution in [2.45, 2.75) is 40.0 Å². The van der Waals surface area contributed by atoms with Gasteiger partial charge < -0.3 is 10.5 Å². The van der Waals surface area contributed by atoms with E-state index in [4.69, 9.17) is 10.5 Å². The van der Waals surface area contributed by atoms with E-state index >= 15 is 0 Å². The van der Waals surface area contributed by atoms with E-state index in [0.717, 1.165) is 32.4 Å². The minimum absolute atomic E-state index is 0.113. The molecule has 0 aliphatic heterocycles. The summed E-state index contributed by atoms with van der Waals surface area (Å²) in [4.78, 5) is 14.5. The minimum Gasteiger partial charge on any atom is -0.491 e. The molecule has 0 saturated carbocycles. The average Bonchev–Trinajstić information content (AvgIpc) is 2.49. The van der Waals surface area contributed by atoms with Crippen LogP contribution in [-0.2, 0) is 0 Å². The lowest BCUT2D eigenvalue weighted by Crippen LogP contribution is -2.30. The van der Waals surface area contributed by atoms with E-state index < -0.39 is 0 Å². The zero-order valence-electron chi connectivity index (χ0n) is 13.5. The summed E-state index contributed by atoms with van der Waals surface area (Å²) >= 11 is 0. The molecule has 0 amide bonds. The molecular formula is C17H28N2O2. The molecule has 0 heterocycles. The number of anilines is 1. The highest BCUT2D eigenvalue weighted by Gasteiger charge is 2.12. The zero-order chi connectivity index (χ0) is 15.7. The maximum absolute atomic E-state index is 12.3. The Labute approximate surface area is 128 Å². The van der Waals surface area contributed by atoms with Gasteiger partial charge >= 0.3 is 0 Å². The molecule has 1 rings (SSSR count). The normalized spacial score (nSPS) is 10.9. The molecule has 21 heavy (non-hydrogen) atoms. The second-order valence-electron chi connectivity index (χ2n) is 5.25. The smallest absolute Gasteiger partial charge is 0.176 e. The van der Waals surface area contributed by atoms with Crippen LogP contribution in [0.2, 0.25) is 0 Å². The van der Waals surface area contributed by atoms with Crippen LogP contribution in [0.3, 0.4) is 0 Å². The third-order valence-electron chi connectivity index (χ3n) is 3.44. The van der Waals surface area contributed by atoms with Crippen LogP contribution in [0, 0.1) is 0 Å². The van der Waals surface area contributed by atoms with Crippen molar-refractivity contribution in [2.24, 2.45) is 0 Å². The van der Waals surface area contributed by atoms with Crippen LogP contribution in [0.5, 0.6) is 5.75 Å². The Hall–Kier alpha value is -1.55. The molecule has 4 heteroatoms. The lowest BCUT2D eigenvalue weighted by molar-refractivity contribution is 0.0933. The second-order valence-corrected chi connectivity index (χ2v) is 5.25. The van der Waals surface area contributed by atoms with E-state index in [9.17, 15) is 4.79 Å². The third-order valence-corrected chi connectivity index (χ3v) is 3.44. The minimum atomic E-state index is 0.113. The first-order valence-corrected chi connectivity index (χ1v) is 7.90. The molecule has 1 aromatic carbocycles. The van der Waals surface area contributed by atoms with Crippen molar-refractivity contribution in [1.29, 1.82) is 0 Å². The quantitative estimate of drug-likeness (QED) is 0.530.